The SMILES string of the molecule is CCOC(=O)c1[nH]cc2c1C1(c3ccc(Br)cc3)C=CC2CC1. The molecule has 2 unspecified atom stereocenters. The number of aromatic nitrogens is 1. The highest BCUT2D eigenvalue weighted by Gasteiger charge is 2.46. The molecule has 1 N–H and O–H groups in total. The Labute approximate surface area is 143 Å². The Kier molecular flexibility index (Phi) is 3.45. The lowest BCUT2D eigenvalue weighted by atomic mass is 9.59. The smallest absolute Gasteiger partial charge is 0.355 e. The van der Waals surface area contributed by atoms with E-state index in [1.807, 2.05) is 13.1 Å². The zero-order chi connectivity index (χ0) is 16.0. The fourth-order valence-electron chi connectivity index (χ4n) is 4.02. The number of halogens is 1. The minimum absolute atomic E-state index is 0.229. The first-order valence-electron chi connectivity index (χ1n) is 8.00. The molecule has 0 saturated carbocycles. The second kappa shape index (κ2) is 5.38. The Morgan fingerprint density at radius 3 is 2.83 bits per heavy atom. The van der Waals surface area contributed by atoms with Crippen molar-refractivity contribution < 1.29 is 9.53 Å². The van der Waals surface area contributed by atoms with Crippen LogP contribution < -0.4 is 0 Å². The number of benzene rings is 1. The number of ether oxygens (including phenoxy) is 1. The molecule has 0 spiro atoms. The Hall–Kier alpha value is -1.81. The number of hydrogen-bond acceptors (Lipinski definition) is 2. The second-order valence-electron chi connectivity index (χ2n) is 6.20. The summed E-state index contributed by atoms with van der Waals surface area (Å²) in [5.41, 5.74) is 3.95. The summed E-state index contributed by atoms with van der Waals surface area (Å²) >= 11 is 3.50. The molecule has 23 heavy (non-hydrogen) atoms. The summed E-state index contributed by atoms with van der Waals surface area (Å²) in [7, 11) is 0. The van der Waals surface area contributed by atoms with E-state index in [1.54, 1.807) is 0 Å². The van der Waals surface area contributed by atoms with Crippen LogP contribution in [0.2, 0.25) is 0 Å². The molecule has 4 heteroatoms. The number of fused-ring (bicyclic) bond motifs is 1. The molecule has 0 aliphatic heterocycles. The average molecular weight is 372 g/mol. The predicted molar refractivity (Wildman–Crippen MR) is 92.8 cm³/mol. The average Bonchev–Trinajstić information content (AvgIpc) is 3.04. The van der Waals surface area contributed by atoms with Crippen LogP contribution in [0.3, 0.4) is 0 Å². The van der Waals surface area contributed by atoms with Crippen molar-refractivity contribution in [3.8, 4) is 0 Å². The molecule has 0 radical (unpaired) electrons. The van der Waals surface area contributed by atoms with Crippen molar-refractivity contribution in [1.82, 2.24) is 4.98 Å². The molecule has 2 aromatic rings. The molecule has 1 aromatic heterocycles. The van der Waals surface area contributed by atoms with Crippen molar-refractivity contribution in [3.05, 3.63) is 69.5 Å². The van der Waals surface area contributed by atoms with Gasteiger partial charge in [0.05, 0.1) is 6.61 Å². The van der Waals surface area contributed by atoms with Crippen molar-refractivity contribution in [2.45, 2.75) is 31.1 Å². The Morgan fingerprint density at radius 1 is 1.39 bits per heavy atom. The molecule has 2 bridgehead atoms. The third-order valence-corrected chi connectivity index (χ3v) is 5.59. The Bertz CT molecular complexity index is 790. The summed E-state index contributed by atoms with van der Waals surface area (Å²) in [5.74, 6) is 0.146. The van der Waals surface area contributed by atoms with Gasteiger partial charge in [0.2, 0.25) is 0 Å². The quantitative estimate of drug-likeness (QED) is 0.628. The van der Waals surface area contributed by atoms with Gasteiger partial charge in [0.15, 0.2) is 0 Å². The van der Waals surface area contributed by atoms with Crippen LogP contribution in [0, 0.1) is 0 Å². The van der Waals surface area contributed by atoms with Gasteiger partial charge in [-0.05, 0) is 43.0 Å². The van der Waals surface area contributed by atoms with E-state index >= 15 is 0 Å². The lowest BCUT2D eigenvalue weighted by Crippen LogP contribution is -2.36. The summed E-state index contributed by atoms with van der Waals surface area (Å²) in [5, 5.41) is 0. The highest BCUT2D eigenvalue weighted by Crippen LogP contribution is 2.53. The van der Waals surface area contributed by atoms with Gasteiger partial charge in [-0.3, -0.25) is 0 Å². The molecule has 0 saturated heterocycles. The van der Waals surface area contributed by atoms with Gasteiger partial charge in [-0.25, -0.2) is 4.79 Å². The van der Waals surface area contributed by atoms with Crippen LogP contribution >= 0.6 is 15.9 Å². The standard InChI is InChI=1S/C19H18BrNO2/c1-2-23-18(22)17-16-15(11-21-17)12-7-9-19(16,10-8-12)13-3-5-14(20)6-4-13/h3-7,9,11-12,21H,2,8,10H2,1H3. The number of H-pyrrole nitrogens is 1. The van der Waals surface area contributed by atoms with Crippen LogP contribution in [0.1, 0.15) is 52.9 Å². The minimum atomic E-state index is -0.258. The van der Waals surface area contributed by atoms with E-state index in [9.17, 15) is 4.79 Å². The number of aromatic amines is 1. The number of esters is 1. The first kappa shape index (κ1) is 14.8. The van der Waals surface area contributed by atoms with Crippen LogP contribution in [0.25, 0.3) is 0 Å². The minimum Gasteiger partial charge on any atom is -0.461 e. The predicted octanol–water partition coefficient (Wildman–Crippen LogP) is 4.69. The number of allylic oxidation sites excluding steroid dienone is 2. The molecule has 1 heterocycles. The van der Waals surface area contributed by atoms with Gasteiger partial charge in [0, 0.05) is 27.6 Å². The van der Waals surface area contributed by atoms with Crippen LogP contribution in [0.4, 0.5) is 0 Å². The van der Waals surface area contributed by atoms with Gasteiger partial charge in [-0.15, -0.1) is 0 Å². The maximum absolute atomic E-state index is 12.4. The second-order valence-corrected chi connectivity index (χ2v) is 7.11. The molecule has 3 aliphatic carbocycles. The van der Waals surface area contributed by atoms with Gasteiger partial charge >= 0.3 is 5.97 Å². The summed E-state index contributed by atoms with van der Waals surface area (Å²) < 4.78 is 6.32. The van der Waals surface area contributed by atoms with Gasteiger partial charge in [-0.1, -0.05) is 40.2 Å². The molecule has 118 valence electrons. The fourth-order valence-corrected chi connectivity index (χ4v) is 4.28. The number of hydrogen-bond donors (Lipinski definition) is 1. The largest absolute Gasteiger partial charge is 0.461 e. The zero-order valence-corrected chi connectivity index (χ0v) is 14.5. The Balaban J connectivity index is 1.91. The maximum atomic E-state index is 12.4. The first-order chi connectivity index (χ1) is 11.2. The van der Waals surface area contributed by atoms with Crippen LogP contribution in [-0.4, -0.2) is 17.6 Å². The molecular formula is C19H18BrNO2. The van der Waals surface area contributed by atoms with E-state index in [2.05, 4.69) is 57.3 Å². The van der Waals surface area contributed by atoms with E-state index in [4.69, 9.17) is 4.74 Å². The van der Waals surface area contributed by atoms with Crippen LogP contribution in [0.15, 0.2) is 47.1 Å². The zero-order valence-electron chi connectivity index (χ0n) is 12.9. The van der Waals surface area contributed by atoms with E-state index in [0.29, 0.717) is 18.2 Å². The highest BCUT2D eigenvalue weighted by atomic mass is 79.9. The topological polar surface area (TPSA) is 42.1 Å². The van der Waals surface area contributed by atoms with Crippen molar-refractivity contribution >= 4 is 21.9 Å². The molecular weight excluding hydrogens is 354 g/mol. The van der Waals surface area contributed by atoms with Crippen LogP contribution in [-0.2, 0) is 10.2 Å². The monoisotopic (exact) mass is 371 g/mol. The third-order valence-electron chi connectivity index (χ3n) is 5.06. The number of carbonyl (C=O) groups is 1. The molecule has 3 aliphatic rings. The normalized spacial score (nSPS) is 24.5. The lowest BCUT2D eigenvalue weighted by Gasteiger charge is -2.43. The highest BCUT2D eigenvalue weighted by molar-refractivity contribution is 9.10. The molecule has 2 atom stereocenters. The van der Waals surface area contributed by atoms with Gasteiger partial charge in [0.25, 0.3) is 0 Å². The third kappa shape index (κ3) is 2.12. The van der Waals surface area contributed by atoms with E-state index in [0.717, 1.165) is 22.9 Å². The van der Waals surface area contributed by atoms with E-state index in [1.165, 1.54) is 11.1 Å². The fraction of sp³-hybridized carbons (Fsp3) is 0.316. The van der Waals surface area contributed by atoms with Gasteiger partial charge in [0.1, 0.15) is 5.69 Å². The maximum Gasteiger partial charge on any atom is 0.355 e. The van der Waals surface area contributed by atoms with E-state index < -0.39 is 0 Å². The van der Waals surface area contributed by atoms with Crippen molar-refractivity contribution in [1.29, 1.82) is 0 Å². The van der Waals surface area contributed by atoms with Crippen LogP contribution in [0.5, 0.6) is 0 Å². The summed E-state index contributed by atoms with van der Waals surface area (Å²) in [6.45, 7) is 2.22. The summed E-state index contributed by atoms with van der Waals surface area (Å²) in [4.78, 5) is 15.6. The molecule has 0 fully saturated rings. The van der Waals surface area contributed by atoms with E-state index in [-0.39, 0.29) is 11.4 Å². The molecule has 5 rings (SSSR count). The number of nitrogens with one attached hydrogen (secondary N) is 1. The summed E-state index contributed by atoms with van der Waals surface area (Å²) in [6, 6.07) is 8.42. The van der Waals surface area contributed by atoms with Gasteiger partial charge in [-0.2, -0.15) is 0 Å². The summed E-state index contributed by atoms with van der Waals surface area (Å²) in [6.07, 6.45) is 8.69. The van der Waals surface area contributed by atoms with Crippen molar-refractivity contribution in [3.63, 3.8) is 0 Å². The van der Waals surface area contributed by atoms with Gasteiger partial charge < -0.3 is 9.72 Å². The number of carbonyl (C=O) groups excluding carboxylic acids is 1. The first-order valence-corrected chi connectivity index (χ1v) is 8.79. The van der Waals surface area contributed by atoms with Crippen molar-refractivity contribution in [2.75, 3.05) is 6.61 Å². The molecule has 3 nitrogen and oxygen atoms in total. The number of rotatable bonds is 3. The lowest BCUT2D eigenvalue weighted by molar-refractivity contribution is 0.0517. The molecule has 0 amide bonds. The molecule has 1 aromatic carbocycles. The Morgan fingerprint density at radius 2 is 2.17 bits per heavy atom. The van der Waals surface area contributed by atoms with Crippen molar-refractivity contribution in [2.24, 2.45) is 0 Å².